The number of carbonyl (C=O) groups is 1. The maximum Gasteiger partial charge on any atom is 0.242 e. The second kappa shape index (κ2) is 5.82. The van der Waals surface area contributed by atoms with E-state index in [4.69, 9.17) is 10.5 Å². The molecule has 19 heavy (non-hydrogen) atoms. The van der Waals surface area contributed by atoms with E-state index in [9.17, 15) is 4.79 Å². The molecule has 0 radical (unpaired) electrons. The van der Waals surface area contributed by atoms with Crippen LogP contribution in [0.1, 0.15) is 27.7 Å². The van der Waals surface area contributed by atoms with Crippen LogP contribution in [0.4, 0.5) is 11.4 Å². The van der Waals surface area contributed by atoms with Crippen molar-refractivity contribution < 1.29 is 9.53 Å². The lowest BCUT2D eigenvalue weighted by atomic mass is 10.1. The molecule has 1 amide bonds. The van der Waals surface area contributed by atoms with Crippen molar-refractivity contribution in [1.82, 2.24) is 5.32 Å². The Balaban J connectivity index is 2.76. The summed E-state index contributed by atoms with van der Waals surface area (Å²) in [6.45, 7) is 7.62. The number of amides is 1. The lowest BCUT2D eigenvalue weighted by Crippen LogP contribution is -2.47. The van der Waals surface area contributed by atoms with Crippen LogP contribution in [0.3, 0.4) is 0 Å². The van der Waals surface area contributed by atoms with E-state index in [2.05, 4.69) is 10.6 Å². The second-order valence-electron chi connectivity index (χ2n) is 5.56. The van der Waals surface area contributed by atoms with Crippen LogP contribution in [0.25, 0.3) is 0 Å². The van der Waals surface area contributed by atoms with Crippen LogP contribution in [0.15, 0.2) is 18.2 Å². The number of anilines is 2. The van der Waals surface area contributed by atoms with Crippen molar-refractivity contribution in [1.29, 1.82) is 0 Å². The van der Waals surface area contributed by atoms with Crippen LogP contribution >= 0.6 is 0 Å². The second-order valence-corrected chi connectivity index (χ2v) is 5.56. The molecule has 0 heterocycles. The Morgan fingerprint density at radius 1 is 1.37 bits per heavy atom. The van der Waals surface area contributed by atoms with Gasteiger partial charge in [-0.3, -0.25) is 4.79 Å². The quantitative estimate of drug-likeness (QED) is 0.728. The van der Waals surface area contributed by atoms with E-state index in [1.54, 1.807) is 32.2 Å². The lowest BCUT2D eigenvalue weighted by molar-refractivity contribution is -0.122. The lowest BCUT2D eigenvalue weighted by Gasteiger charge is -2.24. The molecule has 1 aromatic carbocycles. The maximum atomic E-state index is 12.0. The van der Waals surface area contributed by atoms with E-state index < -0.39 is 0 Å². The third-order valence-electron chi connectivity index (χ3n) is 2.52. The molecule has 1 atom stereocenters. The topological polar surface area (TPSA) is 76.4 Å². The molecule has 0 aliphatic carbocycles. The summed E-state index contributed by atoms with van der Waals surface area (Å²) in [6, 6.07) is 4.92. The van der Waals surface area contributed by atoms with Crippen molar-refractivity contribution in [3.05, 3.63) is 18.2 Å². The first-order valence-electron chi connectivity index (χ1n) is 6.25. The number of benzene rings is 1. The smallest absolute Gasteiger partial charge is 0.242 e. The molecule has 106 valence electrons. The summed E-state index contributed by atoms with van der Waals surface area (Å²) in [5, 5.41) is 6.00. The Morgan fingerprint density at radius 3 is 2.53 bits per heavy atom. The molecule has 4 N–H and O–H groups in total. The number of nitrogen functional groups attached to an aromatic ring is 1. The molecular weight excluding hydrogens is 242 g/mol. The molecule has 1 aromatic rings. The summed E-state index contributed by atoms with van der Waals surface area (Å²) in [5.74, 6) is 0.620. The Morgan fingerprint density at radius 2 is 2.00 bits per heavy atom. The van der Waals surface area contributed by atoms with Gasteiger partial charge >= 0.3 is 0 Å². The van der Waals surface area contributed by atoms with Crippen molar-refractivity contribution in [2.24, 2.45) is 0 Å². The Hall–Kier alpha value is -1.91. The number of hydrogen-bond acceptors (Lipinski definition) is 4. The largest absolute Gasteiger partial charge is 0.497 e. The van der Waals surface area contributed by atoms with Gasteiger partial charge in [0.05, 0.1) is 18.5 Å². The van der Waals surface area contributed by atoms with Crippen molar-refractivity contribution in [3.63, 3.8) is 0 Å². The summed E-state index contributed by atoms with van der Waals surface area (Å²) in [6.07, 6.45) is 0. The number of nitrogens with one attached hydrogen (secondary N) is 2. The molecule has 0 aromatic heterocycles. The van der Waals surface area contributed by atoms with Gasteiger partial charge in [-0.2, -0.15) is 0 Å². The Labute approximate surface area is 114 Å². The SMILES string of the molecule is COc1ccc(N)c(NC(C)C(=O)NC(C)(C)C)c1. The normalized spacial score (nSPS) is 12.7. The van der Waals surface area contributed by atoms with Gasteiger partial charge in [-0.1, -0.05) is 0 Å². The van der Waals surface area contributed by atoms with Gasteiger partial charge in [0, 0.05) is 11.6 Å². The molecule has 0 spiro atoms. The summed E-state index contributed by atoms with van der Waals surface area (Å²) in [5.41, 5.74) is 6.88. The number of methoxy groups -OCH3 is 1. The fraction of sp³-hybridized carbons (Fsp3) is 0.500. The number of ether oxygens (including phenoxy) is 1. The van der Waals surface area contributed by atoms with E-state index in [1.165, 1.54) is 0 Å². The average Bonchev–Trinajstić information content (AvgIpc) is 2.29. The van der Waals surface area contributed by atoms with Gasteiger partial charge in [-0.15, -0.1) is 0 Å². The first-order valence-corrected chi connectivity index (χ1v) is 6.25. The summed E-state index contributed by atoms with van der Waals surface area (Å²) in [7, 11) is 1.59. The average molecular weight is 265 g/mol. The zero-order valence-corrected chi connectivity index (χ0v) is 12.2. The van der Waals surface area contributed by atoms with Gasteiger partial charge in [0.25, 0.3) is 0 Å². The predicted molar refractivity (Wildman–Crippen MR) is 78.4 cm³/mol. The van der Waals surface area contributed by atoms with Crippen molar-refractivity contribution in [2.75, 3.05) is 18.2 Å². The van der Waals surface area contributed by atoms with Crippen LogP contribution < -0.4 is 21.1 Å². The van der Waals surface area contributed by atoms with E-state index in [0.29, 0.717) is 17.1 Å². The van der Waals surface area contributed by atoms with Crippen molar-refractivity contribution >= 4 is 17.3 Å². The van der Waals surface area contributed by atoms with Crippen LogP contribution in [-0.2, 0) is 4.79 Å². The minimum absolute atomic E-state index is 0.0743. The monoisotopic (exact) mass is 265 g/mol. The van der Waals surface area contributed by atoms with Gasteiger partial charge in [0.1, 0.15) is 11.8 Å². The highest BCUT2D eigenvalue weighted by atomic mass is 16.5. The van der Waals surface area contributed by atoms with Gasteiger partial charge in [-0.25, -0.2) is 0 Å². The molecule has 0 saturated carbocycles. The van der Waals surface area contributed by atoms with Gasteiger partial charge < -0.3 is 21.1 Å². The number of rotatable bonds is 4. The molecule has 0 fully saturated rings. The van der Waals surface area contributed by atoms with E-state index >= 15 is 0 Å². The molecule has 0 aliphatic heterocycles. The first kappa shape index (κ1) is 15.1. The van der Waals surface area contributed by atoms with Gasteiger partial charge in [0.2, 0.25) is 5.91 Å². The molecule has 0 bridgehead atoms. The van der Waals surface area contributed by atoms with Crippen molar-refractivity contribution in [2.45, 2.75) is 39.3 Å². The number of hydrogen-bond donors (Lipinski definition) is 3. The zero-order chi connectivity index (χ0) is 14.6. The predicted octanol–water partition coefficient (Wildman–Crippen LogP) is 1.99. The Bertz CT molecular complexity index is 452. The van der Waals surface area contributed by atoms with E-state index in [0.717, 1.165) is 0 Å². The first-order chi connectivity index (χ1) is 8.73. The molecule has 1 rings (SSSR count). The standard InChI is InChI=1S/C14H23N3O2/c1-9(13(18)17-14(2,3)4)16-12-8-10(19-5)6-7-11(12)15/h6-9,16H,15H2,1-5H3,(H,17,18). The Kier molecular flexibility index (Phi) is 4.64. The maximum absolute atomic E-state index is 12.0. The fourth-order valence-electron chi connectivity index (χ4n) is 1.56. The van der Waals surface area contributed by atoms with Crippen molar-refractivity contribution in [3.8, 4) is 5.75 Å². The van der Waals surface area contributed by atoms with Crippen LogP contribution in [0.2, 0.25) is 0 Å². The summed E-state index contributed by atoms with van der Waals surface area (Å²) in [4.78, 5) is 12.0. The molecule has 0 saturated heterocycles. The highest BCUT2D eigenvalue weighted by Crippen LogP contribution is 2.25. The van der Waals surface area contributed by atoms with Crippen LogP contribution in [-0.4, -0.2) is 24.6 Å². The minimum atomic E-state index is -0.381. The minimum Gasteiger partial charge on any atom is -0.497 e. The highest BCUT2D eigenvalue weighted by molar-refractivity contribution is 5.86. The molecule has 5 nitrogen and oxygen atoms in total. The number of carbonyl (C=O) groups excluding carboxylic acids is 1. The van der Waals surface area contributed by atoms with Crippen LogP contribution in [0.5, 0.6) is 5.75 Å². The fourth-order valence-corrected chi connectivity index (χ4v) is 1.56. The van der Waals surface area contributed by atoms with Crippen LogP contribution in [0, 0.1) is 0 Å². The molecular formula is C14H23N3O2. The summed E-state index contributed by atoms with van der Waals surface area (Å²) < 4.78 is 5.14. The third kappa shape index (κ3) is 4.69. The molecule has 5 heteroatoms. The summed E-state index contributed by atoms with van der Waals surface area (Å²) >= 11 is 0. The zero-order valence-electron chi connectivity index (χ0n) is 12.2. The molecule has 0 aliphatic rings. The van der Waals surface area contributed by atoms with Gasteiger partial charge in [-0.05, 0) is 39.8 Å². The highest BCUT2D eigenvalue weighted by Gasteiger charge is 2.19. The molecule has 1 unspecified atom stereocenters. The number of nitrogens with two attached hydrogens (primary N) is 1. The van der Waals surface area contributed by atoms with E-state index in [-0.39, 0.29) is 17.5 Å². The van der Waals surface area contributed by atoms with E-state index in [1.807, 2.05) is 20.8 Å². The van der Waals surface area contributed by atoms with Gasteiger partial charge in [0.15, 0.2) is 0 Å². The third-order valence-corrected chi connectivity index (χ3v) is 2.52.